The van der Waals surface area contributed by atoms with Crippen LogP contribution < -0.4 is 5.32 Å². The predicted molar refractivity (Wildman–Crippen MR) is 78.9 cm³/mol. The van der Waals surface area contributed by atoms with Crippen LogP contribution in [0.5, 0.6) is 0 Å². The first-order chi connectivity index (χ1) is 9.39. The molecule has 2 rings (SSSR count). The van der Waals surface area contributed by atoms with Crippen molar-refractivity contribution in [1.82, 2.24) is 15.3 Å². The maximum atomic E-state index is 11.5. The summed E-state index contributed by atoms with van der Waals surface area (Å²) in [6.07, 6.45) is 6.25. The van der Waals surface area contributed by atoms with E-state index in [1.165, 1.54) is 11.8 Å². The summed E-state index contributed by atoms with van der Waals surface area (Å²) in [6, 6.07) is 0.365. The van der Waals surface area contributed by atoms with Crippen molar-refractivity contribution in [3.63, 3.8) is 0 Å². The number of nitrogens with one attached hydrogen (secondary N) is 1. The number of aliphatic carboxylic acids is 1. The number of aromatic nitrogens is 2. The summed E-state index contributed by atoms with van der Waals surface area (Å²) < 4.78 is 0. The normalized spacial score (nSPS) is 19.4. The van der Waals surface area contributed by atoms with E-state index in [1.54, 1.807) is 19.3 Å². The second-order valence-corrected chi connectivity index (χ2v) is 7.14. The van der Waals surface area contributed by atoms with Crippen molar-refractivity contribution < 1.29 is 9.90 Å². The fraction of sp³-hybridized carbons (Fsp3) is 0.643. The molecular formula is C14H21N3O2S. The summed E-state index contributed by atoms with van der Waals surface area (Å²) in [4.78, 5) is 20.0. The molecule has 1 fully saturated rings. The Kier molecular flexibility index (Phi) is 4.65. The van der Waals surface area contributed by atoms with Crippen LogP contribution in [0.15, 0.2) is 17.6 Å². The number of nitrogens with zero attached hydrogens (tertiary/aromatic N) is 2. The molecule has 0 saturated heterocycles. The molecular weight excluding hydrogens is 274 g/mol. The smallest absolute Gasteiger partial charge is 0.323 e. The molecule has 5 nitrogen and oxygen atoms in total. The van der Waals surface area contributed by atoms with Crippen molar-refractivity contribution in [2.24, 2.45) is 0 Å². The van der Waals surface area contributed by atoms with Gasteiger partial charge in [0, 0.05) is 23.7 Å². The predicted octanol–water partition coefficient (Wildman–Crippen LogP) is 2.25. The lowest BCUT2D eigenvalue weighted by Crippen LogP contribution is -2.52. The van der Waals surface area contributed by atoms with E-state index in [-0.39, 0.29) is 5.25 Å². The molecule has 110 valence electrons. The number of carbonyl (C=O) groups is 1. The SMILES string of the molecule is Cc1cnc(SC(C)CC(C)(NC2CC2)C(=O)O)nc1. The van der Waals surface area contributed by atoms with Crippen LogP contribution in [0, 0.1) is 6.92 Å². The van der Waals surface area contributed by atoms with E-state index >= 15 is 0 Å². The number of carboxylic acid groups (broad SMARTS) is 1. The number of rotatable bonds is 7. The fourth-order valence-corrected chi connectivity index (χ4v) is 3.13. The van der Waals surface area contributed by atoms with Crippen molar-refractivity contribution in [3.8, 4) is 0 Å². The van der Waals surface area contributed by atoms with Gasteiger partial charge in [-0.1, -0.05) is 18.7 Å². The Morgan fingerprint density at radius 1 is 1.55 bits per heavy atom. The standard InChI is InChI=1S/C14H21N3O2S/c1-9-7-15-13(16-8-9)20-10(2)6-14(3,12(18)19)17-11-4-5-11/h7-8,10-11,17H,4-6H2,1-3H3,(H,18,19). The van der Waals surface area contributed by atoms with Crippen LogP contribution in [0.4, 0.5) is 0 Å². The Morgan fingerprint density at radius 3 is 2.65 bits per heavy atom. The third-order valence-electron chi connectivity index (χ3n) is 3.33. The molecule has 1 aromatic rings. The minimum absolute atomic E-state index is 0.130. The Morgan fingerprint density at radius 2 is 2.15 bits per heavy atom. The lowest BCUT2D eigenvalue weighted by Gasteiger charge is -2.28. The van der Waals surface area contributed by atoms with Gasteiger partial charge in [0.2, 0.25) is 0 Å². The first-order valence-electron chi connectivity index (χ1n) is 6.85. The van der Waals surface area contributed by atoms with Crippen LogP contribution in [-0.2, 0) is 4.79 Å². The molecule has 1 aliphatic rings. The molecule has 0 amide bonds. The average molecular weight is 295 g/mol. The Balaban J connectivity index is 1.95. The molecule has 1 aliphatic carbocycles. The zero-order valence-corrected chi connectivity index (χ0v) is 12.9. The summed E-state index contributed by atoms with van der Waals surface area (Å²) in [5.74, 6) is -0.790. The average Bonchev–Trinajstić information content (AvgIpc) is 3.15. The summed E-state index contributed by atoms with van der Waals surface area (Å²) in [5.41, 5.74) is 0.144. The number of hydrogen-bond acceptors (Lipinski definition) is 5. The summed E-state index contributed by atoms with van der Waals surface area (Å²) >= 11 is 1.52. The van der Waals surface area contributed by atoms with Gasteiger partial charge in [-0.2, -0.15) is 0 Å². The maximum Gasteiger partial charge on any atom is 0.323 e. The summed E-state index contributed by atoms with van der Waals surface area (Å²) in [5, 5.41) is 13.5. The van der Waals surface area contributed by atoms with Gasteiger partial charge in [0.1, 0.15) is 5.54 Å². The molecule has 0 aliphatic heterocycles. The topological polar surface area (TPSA) is 75.1 Å². The Hall–Kier alpha value is -1.14. The van der Waals surface area contributed by atoms with Crippen LogP contribution in [0.2, 0.25) is 0 Å². The lowest BCUT2D eigenvalue weighted by atomic mass is 9.96. The Labute approximate surface area is 123 Å². The van der Waals surface area contributed by atoms with E-state index in [9.17, 15) is 9.90 Å². The highest BCUT2D eigenvalue weighted by Crippen LogP contribution is 2.30. The highest BCUT2D eigenvalue weighted by Gasteiger charge is 2.39. The summed E-state index contributed by atoms with van der Waals surface area (Å²) in [7, 11) is 0. The zero-order valence-electron chi connectivity index (χ0n) is 12.1. The van der Waals surface area contributed by atoms with Gasteiger partial charge in [0.25, 0.3) is 0 Å². The van der Waals surface area contributed by atoms with Gasteiger partial charge in [-0.15, -0.1) is 0 Å². The largest absolute Gasteiger partial charge is 0.480 e. The van der Waals surface area contributed by atoms with Crippen LogP contribution in [0.25, 0.3) is 0 Å². The van der Waals surface area contributed by atoms with E-state index in [2.05, 4.69) is 15.3 Å². The number of hydrogen-bond donors (Lipinski definition) is 2. The molecule has 2 atom stereocenters. The van der Waals surface area contributed by atoms with E-state index in [4.69, 9.17) is 0 Å². The minimum atomic E-state index is -0.877. The molecule has 6 heteroatoms. The summed E-state index contributed by atoms with van der Waals surface area (Å²) in [6.45, 7) is 5.73. The molecule has 0 bridgehead atoms. The van der Waals surface area contributed by atoms with Crippen LogP contribution >= 0.6 is 11.8 Å². The molecule has 0 spiro atoms. The number of thioether (sulfide) groups is 1. The number of carboxylic acids is 1. The highest BCUT2D eigenvalue weighted by atomic mass is 32.2. The van der Waals surface area contributed by atoms with Crippen LogP contribution in [-0.4, -0.2) is 37.9 Å². The van der Waals surface area contributed by atoms with Gasteiger partial charge < -0.3 is 5.11 Å². The van der Waals surface area contributed by atoms with Crippen molar-refractivity contribution in [2.75, 3.05) is 0 Å². The van der Waals surface area contributed by atoms with E-state index < -0.39 is 11.5 Å². The van der Waals surface area contributed by atoms with E-state index in [1.807, 2.05) is 13.8 Å². The second-order valence-electron chi connectivity index (χ2n) is 5.73. The fourth-order valence-electron chi connectivity index (χ4n) is 2.12. The molecule has 2 N–H and O–H groups in total. The minimum Gasteiger partial charge on any atom is -0.480 e. The first kappa shape index (κ1) is 15.3. The monoisotopic (exact) mass is 295 g/mol. The second kappa shape index (κ2) is 6.10. The van der Waals surface area contributed by atoms with Crippen LogP contribution in [0.1, 0.15) is 38.7 Å². The lowest BCUT2D eigenvalue weighted by molar-refractivity contribution is -0.144. The van der Waals surface area contributed by atoms with E-state index in [0.717, 1.165) is 18.4 Å². The van der Waals surface area contributed by atoms with Crippen LogP contribution in [0.3, 0.4) is 0 Å². The molecule has 1 saturated carbocycles. The van der Waals surface area contributed by atoms with Gasteiger partial charge in [-0.25, -0.2) is 9.97 Å². The molecule has 0 radical (unpaired) electrons. The molecule has 1 heterocycles. The molecule has 1 aromatic heterocycles. The maximum absolute atomic E-state index is 11.5. The quantitative estimate of drug-likeness (QED) is 0.593. The van der Waals surface area contributed by atoms with E-state index in [0.29, 0.717) is 17.6 Å². The first-order valence-corrected chi connectivity index (χ1v) is 7.73. The van der Waals surface area contributed by atoms with Crippen molar-refractivity contribution >= 4 is 17.7 Å². The van der Waals surface area contributed by atoms with Crippen molar-refractivity contribution in [1.29, 1.82) is 0 Å². The molecule has 20 heavy (non-hydrogen) atoms. The Bertz CT molecular complexity index is 476. The van der Waals surface area contributed by atoms with Gasteiger partial charge in [0.15, 0.2) is 5.16 Å². The number of aryl methyl sites for hydroxylation is 1. The highest BCUT2D eigenvalue weighted by molar-refractivity contribution is 7.99. The molecule has 2 unspecified atom stereocenters. The van der Waals surface area contributed by atoms with Crippen molar-refractivity contribution in [3.05, 3.63) is 18.0 Å². The van der Waals surface area contributed by atoms with Gasteiger partial charge in [0.05, 0.1) is 0 Å². The molecule has 0 aromatic carbocycles. The van der Waals surface area contributed by atoms with Crippen molar-refractivity contribution in [2.45, 2.75) is 62.0 Å². The van der Waals surface area contributed by atoms with Gasteiger partial charge >= 0.3 is 5.97 Å². The van der Waals surface area contributed by atoms with Gasteiger partial charge in [-0.05, 0) is 38.7 Å². The zero-order chi connectivity index (χ0) is 14.8. The third kappa shape index (κ3) is 4.18. The van der Waals surface area contributed by atoms with Gasteiger partial charge in [-0.3, -0.25) is 10.1 Å². The third-order valence-corrected chi connectivity index (χ3v) is 4.32.